The molecular weight excluding hydrogens is 522 g/mol. The fourth-order valence-electron chi connectivity index (χ4n) is 5.84. The fraction of sp³-hybridized carbons (Fsp3) is 0.517. The average molecular weight is 557 g/mol. The second-order valence-corrected chi connectivity index (χ2v) is 11.8. The Bertz CT molecular complexity index is 1430. The third kappa shape index (κ3) is 6.42. The predicted octanol–water partition coefficient (Wildman–Crippen LogP) is 4.92. The summed E-state index contributed by atoms with van der Waals surface area (Å²) in [4.78, 5) is 43.8. The molecule has 1 N–H and O–H groups in total. The monoisotopic (exact) mass is 556 g/mol. The molecule has 1 aliphatic heterocycles. The van der Waals surface area contributed by atoms with Crippen LogP contribution in [0, 0.1) is 11.6 Å². The lowest BCUT2D eigenvalue weighted by Crippen LogP contribution is -2.46. The molecule has 10 heteroatoms. The molecule has 1 amide bonds. The summed E-state index contributed by atoms with van der Waals surface area (Å²) in [5.74, 6) is 1.00. The second kappa shape index (κ2) is 12.4. The molecule has 1 saturated heterocycles. The lowest BCUT2D eigenvalue weighted by Gasteiger charge is -2.31. The Morgan fingerprint density at radius 1 is 0.923 bits per heavy atom. The van der Waals surface area contributed by atoms with E-state index in [-0.39, 0.29) is 46.6 Å². The van der Waals surface area contributed by atoms with E-state index in [1.54, 1.807) is 16.7 Å². The van der Waals surface area contributed by atoms with Gasteiger partial charge in [0.1, 0.15) is 17.3 Å². The first-order valence-corrected chi connectivity index (χ1v) is 15.0. The lowest BCUT2D eigenvalue weighted by atomic mass is 9.90. The molecule has 1 aliphatic carbocycles. The predicted molar refractivity (Wildman–Crippen MR) is 149 cm³/mol. The first-order chi connectivity index (χ1) is 18.9. The smallest absolute Gasteiger partial charge is 0.333 e. The Hall–Kier alpha value is -3.01. The van der Waals surface area contributed by atoms with Crippen LogP contribution in [0.3, 0.4) is 0 Å². The maximum absolute atomic E-state index is 14.1. The van der Waals surface area contributed by atoms with Gasteiger partial charge in [0.2, 0.25) is 5.91 Å². The van der Waals surface area contributed by atoms with E-state index in [1.165, 1.54) is 22.8 Å². The number of carbonyl (C=O) groups excluding carboxylic acids is 1. The van der Waals surface area contributed by atoms with Gasteiger partial charge in [0, 0.05) is 24.5 Å². The third-order valence-corrected chi connectivity index (χ3v) is 8.99. The van der Waals surface area contributed by atoms with Gasteiger partial charge in [-0.1, -0.05) is 12.1 Å². The molecule has 1 aromatic carbocycles. The van der Waals surface area contributed by atoms with Gasteiger partial charge in [-0.25, -0.2) is 18.6 Å². The molecule has 0 atom stereocenters. The van der Waals surface area contributed by atoms with Crippen LogP contribution < -0.4 is 16.6 Å². The summed E-state index contributed by atoms with van der Waals surface area (Å²) >= 11 is 1.84. The van der Waals surface area contributed by atoms with E-state index in [1.807, 2.05) is 11.8 Å². The molecule has 0 bridgehead atoms. The van der Waals surface area contributed by atoms with E-state index in [4.69, 9.17) is 0 Å². The molecule has 3 aromatic rings. The summed E-state index contributed by atoms with van der Waals surface area (Å²) in [6, 6.07) is 7.26. The number of nitrogens with zero attached hydrogens (tertiary/aromatic N) is 3. The van der Waals surface area contributed by atoms with Crippen LogP contribution in [0.5, 0.6) is 0 Å². The van der Waals surface area contributed by atoms with Gasteiger partial charge in [-0.15, -0.1) is 0 Å². The van der Waals surface area contributed by atoms with Gasteiger partial charge in [0.25, 0.3) is 5.56 Å². The Morgan fingerprint density at radius 3 is 2.33 bits per heavy atom. The number of hydrogen-bond acceptors (Lipinski definition) is 5. The number of pyridine rings is 1. The number of nitrogens with one attached hydrogen (secondary N) is 1. The first kappa shape index (κ1) is 27.6. The molecule has 0 unspecified atom stereocenters. The highest BCUT2D eigenvalue weighted by molar-refractivity contribution is 7.99. The Balaban J connectivity index is 1.22. The van der Waals surface area contributed by atoms with Crippen molar-refractivity contribution in [2.45, 2.75) is 82.3 Å². The maximum atomic E-state index is 14.1. The average Bonchev–Trinajstić information content (AvgIpc) is 2.94. The Morgan fingerprint density at radius 2 is 1.62 bits per heavy atom. The van der Waals surface area contributed by atoms with Crippen LogP contribution in [0.4, 0.5) is 8.78 Å². The summed E-state index contributed by atoms with van der Waals surface area (Å²) < 4.78 is 30.1. The molecule has 7 nitrogen and oxygen atoms in total. The van der Waals surface area contributed by atoms with Crippen LogP contribution in [0.2, 0.25) is 0 Å². The van der Waals surface area contributed by atoms with Gasteiger partial charge in [0.15, 0.2) is 0 Å². The molecule has 0 spiro atoms. The van der Waals surface area contributed by atoms with Gasteiger partial charge in [-0.2, -0.15) is 11.8 Å². The van der Waals surface area contributed by atoms with E-state index >= 15 is 0 Å². The van der Waals surface area contributed by atoms with Crippen molar-refractivity contribution in [2.75, 3.05) is 11.5 Å². The van der Waals surface area contributed by atoms with Crippen molar-refractivity contribution in [1.29, 1.82) is 0 Å². The molecule has 2 fully saturated rings. The molecule has 0 radical (unpaired) electrons. The Labute approximate surface area is 230 Å². The number of aryl methyl sites for hydroxylation is 1. The van der Waals surface area contributed by atoms with Crippen LogP contribution in [0.25, 0.3) is 11.0 Å². The van der Waals surface area contributed by atoms with E-state index < -0.39 is 11.4 Å². The standard InChI is InChI=1S/C29H34F2N4O3S/c30-20-7-5-19(6-8-20)3-1-2-4-26(36)33-22-9-11-23(12-10-22)35-28(37)25-17-21(31)18-32-27(25)34(29(35)38)24-13-15-39-16-14-24/h5-8,17-18,22-24H,1-4,9-16H2,(H,33,36). The number of hydrogen-bond donors (Lipinski definition) is 1. The summed E-state index contributed by atoms with van der Waals surface area (Å²) in [6.07, 6.45) is 7.99. The normalized spacial score (nSPS) is 20.3. The summed E-state index contributed by atoms with van der Waals surface area (Å²) in [6.45, 7) is 0. The number of unbranched alkanes of at least 4 members (excludes halogenated alkanes) is 1. The van der Waals surface area contributed by atoms with E-state index in [0.29, 0.717) is 32.1 Å². The fourth-order valence-corrected chi connectivity index (χ4v) is 6.92. The number of amides is 1. The minimum absolute atomic E-state index is 0.000461. The molecule has 39 heavy (non-hydrogen) atoms. The van der Waals surface area contributed by atoms with E-state index in [0.717, 1.165) is 55.4 Å². The highest BCUT2D eigenvalue weighted by Gasteiger charge is 2.29. The molecule has 208 valence electrons. The van der Waals surface area contributed by atoms with Crippen molar-refractivity contribution in [3.8, 4) is 0 Å². The van der Waals surface area contributed by atoms with Gasteiger partial charge < -0.3 is 5.32 Å². The number of carbonyl (C=O) groups is 1. The molecule has 5 rings (SSSR count). The molecule has 2 aromatic heterocycles. The third-order valence-electron chi connectivity index (χ3n) is 7.94. The maximum Gasteiger partial charge on any atom is 0.333 e. The largest absolute Gasteiger partial charge is 0.353 e. The highest BCUT2D eigenvalue weighted by Crippen LogP contribution is 2.30. The topological polar surface area (TPSA) is 86.0 Å². The number of thioether (sulfide) groups is 1. The summed E-state index contributed by atoms with van der Waals surface area (Å²) in [7, 11) is 0. The summed E-state index contributed by atoms with van der Waals surface area (Å²) in [5.41, 5.74) is 0.466. The number of aromatic nitrogens is 3. The zero-order chi connectivity index (χ0) is 27.4. The molecular formula is C29H34F2N4O3S. The van der Waals surface area contributed by atoms with Crippen molar-refractivity contribution in [1.82, 2.24) is 19.4 Å². The number of benzene rings is 1. The van der Waals surface area contributed by atoms with Crippen molar-refractivity contribution in [3.05, 3.63) is 74.6 Å². The zero-order valence-electron chi connectivity index (χ0n) is 21.9. The van der Waals surface area contributed by atoms with Crippen LogP contribution >= 0.6 is 11.8 Å². The van der Waals surface area contributed by atoms with E-state index in [2.05, 4.69) is 10.3 Å². The van der Waals surface area contributed by atoms with Crippen LogP contribution in [0.1, 0.15) is 75.4 Å². The molecule has 3 heterocycles. The van der Waals surface area contributed by atoms with Crippen molar-refractivity contribution in [2.24, 2.45) is 0 Å². The van der Waals surface area contributed by atoms with Crippen molar-refractivity contribution < 1.29 is 13.6 Å². The zero-order valence-corrected chi connectivity index (χ0v) is 22.7. The molecule has 2 aliphatic rings. The summed E-state index contributed by atoms with van der Waals surface area (Å²) in [5, 5.41) is 3.25. The van der Waals surface area contributed by atoms with Crippen LogP contribution in [-0.4, -0.2) is 37.6 Å². The highest BCUT2D eigenvalue weighted by atomic mass is 32.2. The van der Waals surface area contributed by atoms with Gasteiger partial charge in [-0.05, 0) is 93.1 Å². The van der Waals surface area contributed by atoms with Crippen molar-refractivity contribution >= 4 is 28.7 Å². The quantitative estimate of drug-likeness (QED) is 0.398. The number of rotatable bonds is 8. The number of halogens is 2. The van der Waals surface area contributed by atoms with Gasteiger partial charge in [0.05, 0.1) is 11.6 Å². The Kier molecular flexibility index (Phi) is 8.79. The molecule has 1 saturated carbocycles. The van der Waals surface area contributed by atoms with E-state index in [9.17, 15) is 23.2 Å². The first-order valence-electron chi connectivity index (χ1n) is 13.8. The SMILES string of the molecule is O=C(CCCCc1ccc(F)cc1)NC1CCC(n2c(=O)c3cc(F)cnc3n(C3CCSCC3)c2=O)CC1. The van der Waals surface area contributed by atoms with Crippen LogP contribution in [0.15, 0.2) is 46.1 Å². The van der Waals surface area contributed by atoms with Gasteiger partial charge >= 0.3 is 5.69 Å². The minimum atomic E-state index is -0.598. The van der Waals surface area contributed by atoms with Crippen LogP contribution in [-0.2, 0) is 11.2 Å². The second-order valence-electron chi connectivity index (χ2n) is 10.6. The van der Waals surface area contributed by atoms with Crippen molar-refractivity contribution in [3.63, 3.8) is 0 Å². The minimum Gasteiger partial charge on any atom is -0.353 e. The number of fused-ring (bicyclic) bond motifs is 1. The lowest BCUT2D eigenvalue weighted by molar-refractivity contribution is -0.122. The van der Waals surface area contributed by atoms with Gasteiger partial charge in [-0.3, -0.25) is 18.7 Å².